The third-order valence-electron chi connectivity index (χ3n) is 2.88. The highest BCUT2D eigenvalue weighted by Gasteiger charge is 2.27. The summed E-state index contributed by atoms with van der Waals surface area (Å²) >= 11 is 0. The molecular formula is C10H12N2O3. The fraction of sp³-hybridized carbons (Fsp3) is 0.500. The van der Waals surface area contributed by atoms with Gasteiger partial charge in [0.1, 0.15) is 11.3 Å². The minimum atomic E-state index is -1.18. The number of rotatable bonds is 2. The van der Waals surface area contributed by atoms with E-state index in [2.05, 4.69) is 10.2 Å². The van der Waals surface area contributed by atoms with Crippen LogP contribution in [0.5, 0.6) is 0 Å². The molecule has 1 saturated carbocycles. The van der Waals surface area contributed by atoms with Gasteiger partial charge in [0, 0.05) is 11.6 Å². The summed E-state index contributed by atoms with van der Waals surface area (Å²) in [5.74, 6) is -1.04. The van der Waals surface area contributed by atoms with Crippen molar-refractivity contribution in [2.24, 2.45) is 0 Å². The molecule has 1 aromatic heterocycles. The zero-order valence-corrected chi connectivity index (χ0v) is 8.41. The van der Waals surface area contributed by atoms with Gasteiger partial charge in [0.05, 0.1) is 0 Å². The van der Waals surface area contributed by atoms with Crippen molar-refractivity contribution in [3.8, 4) is 0 Å². The van der Waals surface area contributed by atoms with Crippen LogP contribution >= 0.6 is 0 Å². The van der Waals surface area contributed by atoms with E-state index in [4.69, 9.17) is 5.11 Å². The normalized spacial score (nSPS) is 16.1. The van der Waals surface area contributed by atoms with Crippen molar-refractivity contribution in [2.45, 2.75) is 32.1 Å². The van der Waals surface area contributed by atoms with Crippen molar-refractivity contribution < 1.29 is 9.90 Å². The minimum absolute atomic E-state index is 0.146. The molecule has 0 aliphatic heterocycles. The van der Waals surface area contributed by atoms with Crippen LogP contribution in [0.2, 0.25) is 0 Å². The number of H-pyrrole nitrogens is 1. The highest BCUT2D eigenvalue weighted by atomic mass is 16.4. The maximum absolute atomic E-state index is 11.8. The second-order valence-corrected chi connectivity index (χ2v) is 3.87. The fourth-order valence-electron chi connectivity index (χ4n) is 1.77. The number of aromatic nitrogens is 2. The molecule has 2 N–H and O–H groups in total. The van der Waals surface area contributed by atoms with Gasteiger partial charge in [0.2, 0.25) is 5.43 Å². The van der Waals surface area contributed by atoms with Crippen molar-refractivity contribution >= 4 is 5.97 Å². The Morgan fingerprint density at radius 2 is 2.20 bits per heavy atom. The molecule has 0 bridgehead atoms. The third-order valence-corrected chi connectivity index (χ3v) is 2.88. The quantitative estimate of drug-likeness (QED) is 0.760. The predicted octanol–water partition coefficient (Wildman–Crippen LogP) is 1.04. The number of aryl methyl sites for hydroxylation is 1. The molecule has 5 heteroatoms. The maximum atomic E-state index is 11.8. The van der Waals surface area contributed by atoms with Gasteiger partial charge in [-0.15, -0.1) is 0 Å². The van der Waals surface area contributed by atoms with Gasteiger partial charge in [-0.1, -0.05) is 6.42 Å². The van der Waals surface area contributed by atoms with Gasteiger partial charge < -0.3 is 5.11 Å². The Hall–Kier alpha value is -1.65. The zero-order chi connectivity index (χ0) is 11.0. The van der Waals surface area contributed by atoms with Crippen molar-refractivity contribution in [1.82, 2.24) is 10.2 Å². The molecule has 0 spiro atoms. The number of hydrogen-bond donors (Lipinski definition) is 2. The monoisotopic (exact) mass is 208 g/mol. The standard InChI is InChI=1S/C10H12N2O3/c1-5-7(10(14)15)9(13)8(12-11-5)6-3-2-4-6/h6H,2-4H2,1H3,(H,11,13)(H,14,15). The summed E-state index contributed by atoms with van der Waals surface area (Å²) in [6.07, 6.45) is 2.94. The Kier molecular flexibility index (Phi) is 2.30. The first-order valence-electron chi connectivity index (χ1n) is 4.93. The maximum Gasteiger partial charge on any atom is 0.341 e. The second kappa shape index (κ2) is 3.49. The Bertz CT molecular complexity index is 460. The van der Waals surface area contributed by atoms with E-state index in [0.717, 1.165) is 19.3 Å². The molecule has 0 saturated heterocycles. The van der Waals surface area contributed by atoms with E-state index in [0.29, 0.717) is 11.4 Å². The summed E-state index contributed by atoms with van der Waals surface area (Å²) in [5, 5.41) is 15.4. The van der Waals surface area contributed by atoms with E-state index in [1.165, 1.54) is 0 Å². The van der Waals surface area contributed by atoms with Crippen LogP contribution in [0.15, 0.2) is 4.79 Å². The fourth-order valence-corrected chi connectivity index (χ4v) is 1.77. The van der Waals surface area contributed by atoms with Crippen molar-refractivity contribution in [3.05, 3.63) is 27.2 Å². The van der Waals surface area contributed by atoms with Crippen LogP contribution in [0.1, 0.15) is 46.9 Å². The minimum Gasteiger partial charge on any atom is -0.477 e. The molecule has 5 nitrogen and oxygen atoms in total. The second-order valence-electron chi connectivity index (χ2n) is 3.87. The lowest BCUT2D eigenvalue weighted by Gasteiger charge is -2.23. The first kappa shape index (κ1) is 9.89. The lowest BCUT2D eigenvalue weighted by atomic mass is 9.82. The number of nitrogens with one attached hydrogen (secondary N) is 1. The molecule has 0 radical (unpaired) electrons. The molecule has 0 aromatic carbocycles. The number of carboxylic acid groups (broad SMARTS) is 1. The topological polar surface area (TPSA) is 83.0 Å². The van der Waals surface area contributed by atoms with Crippen LogP contribution in [0.25, 0.3) is 0 Å². The SMILES string of the molecule is Cc1[nH]nc(C2CCC2)c(=O)c1C(=O)O. The van der Waals surface area contributed by atoms with Gasteiger partial charge in [0.25, 0.3) is 0 Å². The molecular weight excluding hydrogens is 196 g/mol. The third kappa shape index (κ3) is 1.54. The average Bonchev–Trinajstić information content (AvgIpc) is 2.06. The lowest BCUT2D eigenvalue weighted by Crippen LogP contribution is -2.27. The van der Waals surface area contributed by atoms with Crippen LogP contribution in [-0.4, -0.2) is 21.3 Å². The Morgan fingerprint density at radius 1 is 1.53 bits per heavy atom. The van der Waals surface area contributed by atoms with E-state index in [1.54, 1.807) is 6.92 Å². The molecule has 1 fully saturated rings. The molecule has 0 unspecified atom stereocenters. The Balaban J connectivity index is 2.54. The smallest absolute Gasteiger partial charge is 0.341 e. The number of nitrogens with zero attached hydrogens (tertiary/aromatic N) is 1. The van der Waals surface area contributed by atoms with Gasteiger partial charge in [-0.05, 0) is 19.8 Å². The molecule has 2 rings (SSSR count). The number of aromatic amines is 1. The molecule has 1 aromatic rings. The van der Waals surface area contributed by atoms with Crippen LogP contribution in [0.3, 0.4) is 0 Å². The highest BCUT2D eigenvalue weighted by molar-refractivity contribution is 5.88. The van der Waals surface area contributed by atoms with Crippen LogP contribution in [0, 0.1) is 6.92 Å². The summed E-state index contributed by atoms with van der Waals surface area (Å²) < 4.78 is 0. The first-order chi connectivity index (χ1) is 7.11. The molecule has 15 heavy (non-hydrogen) atoms. The number of hydrogen-bond acceptors (Lipinski definition) is 3. The van der Waals surface area contributed by atoms with E-state index in [-0.39, 0.29) is 11.5 Å². The highest BCUT2D eigenvalue weighted by Crippen LogP contribution is 2.33. The van der Waals surface area contributed by atoms with E-state index in [9.17, 15) is 9.59 Å². The summed E-state index contributed by atoms with van der Waals surface area (Å²) in [5.41, 5.74) is 0.0928. The van der Waals surface area contributed by atoms with Crippen molar-refractivity contribution in [3.63, 3.8) is 0 Å². The first-order valence-corrected chi connectivity index (χ1v) is 4.93. The van der Waals surface area contributed by atoms with Crippen LogP contribution in [-0.2, 0) is 0 Å². The van der Waals surface area contributed by atoms with Crippen molar-refractivity contribution in [2.75, 3.05) is 0 Å². The summed E-state index contributed by atoms with van der Waals surface area (Å²) in [7, 11) is 0. The molecule has 1 aliphatic carbocycles. The van der Waals surface area contributed by atoms with Crippen LogP contribution < -0.4 is 5.43 Å². The molecule has 0 amide bonds. The van der Waals surface area contributed by atoms with Gasteiger partial charge in [0.15, 0.2) is 0 Å². The molecule has 80 valence electrons. The van der Waals surface area contributed by atoms with Gasteiger partial charge >= 0.3 is 5.97 Å². The van der Waals surface area contributed by atoms with Gasteiger partial charge in [-0.25, -0.2) is 4.79 Å². The summed E-state index contributed by atoms with van der Waals surface area (Å²) in [6, 6.07) is 0. The van der Waals surface area contributed by atoms with Crippen molar-refractivity contribution in [1.29, 1.82) is 0 Å². The zero-order valence-electron chi connectivity index (χ0n) is 8.41. The average molecular weight is 208 g/mol. The van der Waals surface area contributed by atoms with E-state index in [1.807, 2.05) is 0 Å². The van der Waals surface area contributed by atoms with Crippen LogP contribution in [0.4, 0.5) is 0 Å². The Labute approximate surface area is 86.1 Å². The molecule has 0 atom stereocenters. The van der Waals surface area contributed by atoms with Gasteiger partial charge in [-0.2, -0.15) is 5.10 Å². The van der Waals surface area contributed by atoms with Gasteiger partial charge in [-0.3, -0.25) is 9.89 Å². The predicted molar refractivity (Wildman–Crippen MR) is 53.1 cm³/mol. The number of aromatic carboxylic acids is 1. The summed E-state index contributed by atoms with van der Waals surface area (Å²) in [4.78, 5) is 22.7. The number of carboxylic acids is 1. The largest absolute Gasteiger partial charge is 0.477 e. The van der Waals surface area contributed by atoms with E-state index < -0.39 is 11.4 Å². The lowest BCUT2D eigenvalue weighted by molar-refractivity contribution is 0.0693. The molecule has 1 heterocycles. The van der Waals surface area contributed by atoms with E-state index >= 15 is 0 Å². The Morgan fingerprint density at radius 3 is 2.67 bits per heavy atom. The summed E-state index contributed by atoms with van der Waals surface area (Å²) in [6.45, 7) is 1.54. The molecule has 1 aliphatic rings. The number of carbonyl (C=O) groups is 1.